The minimum Gasteiger partial charge on any atom is -0.473 e. The van der Waals surface area contributed by atoms with Crippen molar-refractivity contribution in [2.45, 2.75) is 173 Å². The van der Waals surface area contributed by atoms with E-state index >= 15 is 0 Å². The van der Waals surface area contributed by atoms with E-state index in [0.717, 1.165) is 93.3 Å². The number of carbonyl (C=O) groups excluding carboxylic acids is 2. The van der Waals surface area contributed by atoms with Crippen molar-refractivity contribution in [2.75, 3.05) is 6.26 Å². The number of rotatable bonds is 17. The molecule has 0 aromatic carbocycles. The lowest BCUT2D eigenvalue weighted by Crippen LogP contribution is -2.25. The normalized spacial score (nSPS) is 22.2. The molecule has 0 amide bonds. The minimum absolute atomic E-state index is 0.0326. The molecule has 4 saturated carbocycles. The van der Waals surface area contributed by atoms with E-state index in [-0.39, 0.29) is 29.6 Å². The zero-order valence-corrected chi connectivity index (χ0v) is 41.0. The number of hydrogen-bond donors (Lipinski definition) is 1. The molecule has 0 saturated heterocycles. The summed E-state index contributed by atoms with van der Waals surface area (Å²) in [5.41, 5.74) is 2.50. The van der Waals surface area contributed by atoms with Crippen LogP contribution in [0.15, 0.2) is 17.6 Å². The molecule has 4 aliphatic rings. The number of ether oxygens (including phenoxy) is 3. The van der Waals surface area contributed by atoms with E-state index in [0.29, 0.717) is 68.7 Å². The fourth-order valence-corrected chi connectivity index (χ4v) is 10.4. The van der Waals surface area contributed by atoms with Crippen molar-refractivity contribution in [3.63, 3.8) is 0 Å². The van der Waals surface area contributed by atoms with Gasteiger partial charge in [0.1, 0.15) is 51.0 Å². The Hall–Kier alpha value is -3.53. The van der Waals surface area contributed by atoms with Gasteiger partial charge in [0.15, 0.2) is 0 Å². The van der Waals surface area contributed by atoms with Gasteiger partial charge in [0.05, 0.1) is 29.5 Å². The van der Waals surface area contributed by atoms with Crippen LogP contribution in [0.5, 0.6) is 17.8 Å². The molecule has 64 heavy (non-hydrogen) atoms. The second kappa shape index (κ2) is 22.3. The molecule has 1 N–H and O–H groups in total. The summed E-state index contributed by atoms with van der Waals surface area (Å²) in [6.07, 6.45) is 23.9. The number of halogens is 2. The van der Waals surface area contributed by atoms with Crippen molar-refractivity contribution in [3.05, 3.63) is 22.4 Å². The first-order valence-corrected chi connectivity index (χ1v) is 25.9. The van der Waals surface area contributed by atoms with Gasteiger partial charge in [0.25, 0.3) is 6.01 Å². The van der Waals surface area contributed by atoms with Gasteiger partial charge in [-0.3, -0.25) is 4.57 Å². The molecule has 0 unspecified atom stereocenters. The molecule has 17 heteroatoms. The summed E-state index contributed by atoms with van der Waals surface area (Å²) in [5.74, 6) is 3.98. The predicted molar refractivity (Wildman–Crippen MR) is 249 cm³/mol. The first-order chi connectivity index (χ1) is 30.4. The summed E-state index contributed by atoms with van der Waals surface area (Å²) < 4.78 is 44.3. The molecule has 0 radical (unpaired) electrons. The van der Waals surface area contributed by atoms with Crippen LogP contribution in [-0.2, 0) is 33.5 Å². The number of hydrogen-bond acceptors (Lipinski definition) is 12. The number of nitrogens with zero attached hydrogens (tertiary/aromatic N) is 6. The van der Waals surface area contributed by atoms with E-state index in [1.54, 1.807) is 27.1 Å². The van der Waals surface area contributed by atoms with Gasteiger partial charge in [0, 0.05) is 33.2 Å². The van der Waals surface area contributed by atoms with Crippen molar-refractivity contribution in [3.8, 4) is 17.8 Å². The Morgan fingerprint density at radius 1 is 0.688 bits per heavy atom. The predicted octanol–water partition coefficient (Wildman–Crippen LogP) is 10.00. The number of pyridine rings is 2. The van der Waals surface area contributed by atoms with Gasteiger partial charge in [-0.1, -0.05) is 62.7 Å². The van der Waals surface area contributed by atoms with E-state index in [1.165, 1.54) is 55.7 Å². The van der Waals surface area contributed by atoms with Crippen LogP contribution in [0.2, 0.25) is 10.0 Å². The van der Waals surface area contributed by atoms with Crippen molar-refractivity contribution in [2.24, 2.45) is 37.8 Å². The van der Waals surface area contributed by atoms with Crippen LogP contribution in [0.25, 0.3) is 22.1 Å². The van der Waals surface area contributed by atoms with Crippen LogP contribution < -0.4 is 14.2 Å². The average Bonchev–Trinajstić information content (AvgIpc) is 4.17. The SMILES string of the molecule is CC(=O)C[C@@H](C)CCC1CCC(O)CC1.CC(=O)C[C@@H](C)CCC1CCC(Oc2nc3cnc(OC4CC4)c(Cl)c3n2C)CC1.Cn1c(S(C)(=O)=O)nc2cnc(OC3CC3)c(Cl)c21. The van der Waals surface area contributed by atoms with Crippen LogP contribution in [0, 0.1) is 23.7 Å². The molecule has 0 aliphatic heterocycles. The second-order valence-electron chi connectivity index (χ2n) is 19.1. The van der Waals surface area contributed by atoms with E-state index < -0.39 is 9.84 Å². The van der Waals surface area contributed by atoms with Gasteiger partial charge >= 0.3 is 0 Å². The number of Topliss-reactive ketones (excluding diaryl/α,β-unsaturated/α-hetero) is 2. The zero-order chi connectivity index (χ0) is 46.3. The number of imidazole rings is 2. The topological polar surface area (TPSA) is 178 Å². The molecule has 4 aromatic rings. The Labute approximate surface area is 388 Å². The number of sulfone groups is 1. The average molecular weight is 948 g/mol. The summed E-state index contributed by atoms with van der Waals surface area (Å²) in [6.45, 7) is 7.71. The largest absolute Gasteiger partial charge is 0.473 e. The summed E-state index contributed by atoms with van der Waals surface area (Å²) in [5, 5.41) is 10.2. The van der Waals surface area contributed by atoms with Crippen molar-refractivity contribution < 1.29 is 37.3 Å². The fraction of sp³-hybridized carbons (Fsp3) is 0.702. The maximum atomic E-state index is 11.6. The number of aliphatic hydroxyl groups is 1. The Bertz CT molecular complexity index is 2330. The first kappa shape index (κ1) is 49.9. The van der Waals surface area contributed by atoms with Crippen molar-refractivity contribution in [1.82, 2.24) is 29.1 Å². The summed E-state index contributed by atoms with van der Waals surface area (Å²) >= 11 is 12.8. The lowest BCUT2D eigenvalue weighted by atomic mass is 9.82. The van der Waals surface area contributed by atoms with Gasteiger partial charge in [-0.2, -0.15) is 4.98 Å². The molecule has 4 fully saturated rings. The van der Waals surface area contributed by atoms with E-state index in [1.807, 2.05) is 11.6 Å². The van der Waals surface area contributed by atoms with Gasteiger partial charge < -0.3 is 33.5 Å². The van der Waals surface area contributed by atoms with Gasteiger partial charge in [-0.05, 0) is 115 Å². The second-order valence-corrected chi connectivity index (χ2v) is 21.8. The van der Waals surface area contributed by atoms with Crippen LogP contribution in [0.3, 0.4) is 0 Å². The molecular weight excluding hydrogens is 880 g/mol. The smallest absolute Gasteiger partial charge is 0.297 e. The quantitative estimate of drug-likeness (QED) is 0.106. The Morgan fingerprint density at radius 2 is 1.09 bits per heavy atom. The fourth-order valence-electron chi connectivity index (χ4n) is 8.89. The lowest BCUT2D eigenvalue weighted by molar-refractivity contribution is -0.118. The monoisotopic (exact) mass is 946 g/mol. The highest BCUT2D eigenvalue weighted by molar-refractivity contribution is 7.90. The molecular formula is C47H68Cl2N6O8S. The Morgan fingerprint density at radius 3 is 1.53 bits per heavy atom. The van der Waals surface area contributed by atoms with Gasteiger partial charge in [-0.15, -0.1) is 0 Å². The molecule has 0 spiro atoms. The summed E-state index contributed by atoms with van der Waals surface area (Å²) in [4.78, 5) is 39.3. The number of aliphatic hydroxyl groups excluding tert-OH is 1. The maximum absolute atomic E-state index is 11.6. The highest BCUT2D eigenvalue weighted by Crippen LogP contribution is 2.38. The molecule has 2 atom stereocenters. The summed E-state index contributed by atoms with van der Waals surface area (Å²) in [6, 6.07) is 0.593. The zero-order valence-electron chi connectivity index (χ0n) is 38.7. The molecule has 4 aliphatic carbocycles. The molecule has 8 rings (SSSR count). The van der Waals surface area contributed by atoms with Crippen molar-refractivity contribution in [1.29, 1.82) is 0 Å². The molecule has 0 bridgehead atoms. The number of aromatic nitrogens is 6. The Balaban J connectivity index is 0.000000172. The van der Waals surface area contributed by atoms with Crippen LogP contribution in [0.4, 0.5) is 0 Å². The number of ketones is 2. The Kier molecular flexibility index (Phi) is 17.4. The summed E-state index contributed by atoms with van der Waals surface area (Å²) in [7, 11) is 0.129. The minimum atomic E-state index is -3.41. The van der Waals surface area contributed by atoms with E-state index in [4.69, 9.17) is 37.4 Å². The van der Waals surface area contributed by atoms with Crippen LogP contribution in [-0.4, -0.2) is 84.8 Å². The molecule has 354 valence electrons. The highest BCUT2D eigenvalue weighted by Gasteiger charge is 2.30. The highest BCUT2D eigenvalue weighted by atomic mass is 35.5. The molecule has 14 nitrogen and oxygen atoms in total. The third-order valence-electron chi connectivity index (χ3n) is 12.8. The van der Waals surface area contributed by atoms with E-state index in [9.17, 15) is 23.1 Å². The van der Waals surface area contributed by atoms with Crippen LogP contribution >= 0.6 is 23.2 Å². The third-order valence-corrected chi connectivity index (χ3v) is 14.5. The van der Waals surface area contributed by atoms with Gasteiger partial charge in [-0.25, -0.2) is 23.4 Å². The van der Waals surface area contributed by atoms with Gasteiger partial charge in [0.2, 0.25) is 26.8 Å². The van der Waals surface area contributed by atoms with E-state index in [2.05, 4.69) is 33.8 Å². The van der Waals surface area contributed by atoms with Crippen LogP contribution in [0.1, 0.15) is 143 Å². The number of aryl methyl sites for hydroxylation is 2. The molecule has 4 aromatic heterocycles. The number of fused-ring (bicyclic) bond motifs is 2. The maximum Gasteiger partial charge on any atom is 0.297 e. The van der Waals surface area contributed by atoms with Crippen molar-refractivity contribution >= 4 is 66.7 Å². The molecule has 4 heterocycles. The number of carbonyl (C=O) groups is 2. The standard InChI is InChI=1S/C23H32ClN3O3.C13H24O2.C11H12ClN3O3S/c1-14(12-15(2)28)4-5-16-6-8-18(9-7-16)30-23-26-19-13-25-22(29-17-10-11-17)20(24)21(19)27(23)3;1-10(9-11(2)14)3-4-12-5-7-13(15)8-6-12;1-15-9-7(14-11(15)19(2,16)17)5-13-10(8(9)12)18-6-3-4-6/h13-14,16-18H,4-12H2,1-3H3;10,12-13,15H,3-9H2,1-2H3;5-6H,3-4H2,1-2H3/t14-,16?,18?;10-,12?,13?;/m00./s1. The lowest BCUT2D eigenvalue weighted by Gasteiger charge is -2.29. The first-order valence-electron chi connectivity index (χ1n) is 23.2. The third kappa shape index (κ3) is 14.2.